The first-order chi connectivity index (χ1) is 14.5. The minimum Gasteiger partial charge on any atom is -0.491 e. The molecule has 0 aromatic heterocycles. The van der Waals surface area contributed by atoms with Crippen molar-refractivity contribution in [2.24, 2.45) is 0 Å². The number of aliphatic hydroxyl groups is 1. The maximum atomic E-state index is 12.4. The van der Waals surface area contributed by atoms with E-state index in [1.807, 2.05) is 12.1 Å². The van der Waals surface area contributed by atoms with Crippen LogP contribution in [0.15, 0.2) is 65.2 Å². The Hall–Kier alpha value is -2.84. The highest BCUT2D eigenvalue weighted by molar-refractivity contribution is 9.10. The number of carbonyl (C=O) groups is 2. The Morgan fingerprint density at radius 1 is 1.10 bits per heavy atom. The van der Waals surface area contributed by atoms with Gasteiger partial charge in [-0.3, -0.25) is 5.32 Å². The number of anilines is 1. The Balaban J connectivity index is 2.02. The summed E-state index contributed by atoms with van der Waals surface area (Å²) in [7, 11) is 0. The second kappa shape index (κ2) is 12.7. The van der Waals surface area contributed by atoms with E-state index < -0.39 is 18.2 Å². The molecule has 0 fully saturated rings. The maximum absolute atomic E-state index is 12.4. The predicted octanol–water partition coefficient (Wildman–Crippen LogP) is 4.92. The summed E-state index contributed by atoms with van der Waals surface area (Å²) in [5, 5.41) is 20.2. The van der Waals surface area contributed by atoms with Gasteiger partial charge in [-0.1, -0.05) is 34.1 Å². The van der Waals surface area contributed by atoms with Gasteiger partial charge in [0.2, 0.25) is 0 Å². The third kappa shape index (κ3) is 8.67. The van der Waals surface area contributed by atoms with E-state index in [0.717, 1.165) is 16.1 Å². The number of benzene rings is 2. The van der Waals surface area contributed by atoms with Crippen molar-refractivity contribution in [3.05, 3.63) is 70.7 Å². The molecule has 2 rings (SSSR count). The van der Waals surface area contributed by atoms with Crippen LogP contribution < -0.4 is 10.1 Å². The highest BCUT2D eigenvalue weighted by Gasteiger charge is 2.17. The van der Waals surface area contributed by atoms with Crippen LogP contribution in [0.2, 0.25) is 0 Å². The molecule has 0 spiro atoms. The van der Waals surface area contributed by atoms with Crippen LogP contribution in [-0.2, 0) is 9.53 Å². The van der Waals surface area contributed by atoms with Gasteiger partial charge in [-0.2, -0.15) is 0 Å². The van der Waals surface area contributed by atoms with Crippen molar-refractivity contribution in [2.75, 3.05) is 18.5 Å². The number of hydrogen-bond donors (Lipinski definition) is 3. The number of ether oxygens (including phenoxy) is 2. The lowest BCUT2D eigenvalue weighted by atomic mass is 10.0. The number of unbranched alkanes of at least 4 members (excludes halogenated alkanes) is 1. The number of allylic oxidation sites excluding steroid dienone is 1. The van der Waals surface area contributed by atoms with E-state index in [0.29, 0.717) is 30.7 Å². The first kappa shape index (κ1) is 23.4. The Bertz CT molecular complexity index is 836. The zero-order valence-corrected chi connectivity index (χ0v) is 17.9. The molecular formula is C22H24BrNO6. The minimum atomic E-state index is -0.991. The zero-order chi connectivity index (χ0) is 21.8. The first-order valence-corrected chi connectivity index (χ1v) is 10.2. The van der Waals surface area contributed by atoms with Gasteiger partial charge in [-0.15, -0.1) is 0 Å². The van der Waals surface area contributed by atoms with Crippen LogP contribution in [-0.4, -0.2) is 35.5 Å². The number of amides is 1. The molecule has 0 aliphatic heterocycles. The van der Waals surface area contributed by atoms with Gasteiger partial charge in [-0.05, 0) is 61.2 Å². The minimum absolute atomic E-state index is 0.0758. The Kier molecular flexibility index (Phi) is 9.90. The quantitative estimate of drug-likeness (QED) is 0.313. The van der Waals surface area contributed by atoms with Gasteiger partial charge < -0.3 is 19.7 Å². The SMILES string of the molecule is O=C(O)/C=C/CCC[C@@H](OC(=O)Nc1ccc(Br)cc1)c1ccc(OCCO)cc1. The molecule has 0 saturated carbocycles. The fourth-order valence-electron chi connectivity index (χ4n) is 2.65. The van der Waals surface area contributed by atoms with Crippen LogP contribution in [0.25, 0.3) is 0 Å². The van der Waals surface area contributed by atoms with Gasteiger partial charge in [0.1, 0.15) is 18.5 Å². The highest BCUT2D eigenvalue weighted by atomic mass is 79.9. The molecule has 8 heteroatoms. The third-order valence-electron chi connectivity index (χ3n) is 4.05. The van der Waals surface area contributed by atoms with Crippen molar-refractivity contribution in [3.63, 3.8) is 0 Å². The number of aliphatic hydroxyl groups excluding tert-OH is 1. The second-order valence-corrected chi connectivity index (χ2v) is 7.25. The van der Waals surface area contributed by atoms with Crippen molar-refractivity contribution in [1.82, 2.24) is 0 Å². The molecule has 1 amide bonds. The van der Waals surface area contributed by atoms with E-state index in [1.165, 1.54) is 0 Å². The van der Waals surface area contributed by atoms with Gasteiger partial charge in [0, 0.05) is 16.2 Å². The topological polar surface area (TPSA) is 105 Å². The number of aliphatic carboxylic acids is 1. The monoisotopic (exact) mass is 477 g/mol. The molecule has 0 saturated heterocycles. The Labute approximate surface area is 183 Å². The van der Waals surface area contributed by atoms with Gasteiger partial charge >= 0.3 is 12.1 Å². The van der Waals surface area contributed by atoms with Crippen LogP contribution >= 0.6 is 15.9 Å². The molecular weight excluding hydrogens is 454 g/mol. The molecule has 0 bridgehead atoms. The van der Waals surface area contributed by atoms with Crippen LogP contribution in [0.3, 0.4) is 0 Å². The normalized spacial score (nSPS) is 11.8. The van der Waals surface area contributed by atoms with Crippen molar-refractivity contribution in [1.29, 1.82) is 0 Å². The van der Waals surface area contributed by atoms with Crippen LogP contribution in [0, 0.1) is 0 Å². The molecule has 2 aromatic rings. The summed E-state index contributed by atoms with van der Waals surface area (Å²) in [4.78, 5) is 22.9. The number of hydrogen-bond acceptors (Lipinski definition) is 5. The first-order valence-electron chi connectivity index (χ1n) is 9.44. The molecule has 30 heavy (non-hydrogen) atoms. The fraction of sp³-hybridized carbons (Fsp3) is 0.273. The van der Waals surface area contributed by atoms with Crippen LogP contribution in [0.5, 0.6) is 5.75 Å². The van der Waals surface area contributed by atoms with Gasteiger partial charge in [0.05, 0.1) is 6.61 Å². The molecule has 0 heterocycles. The van der Waals surface area contributed by atoms with Gasteiger partial charge in [-0.25, -0.2) is 9.59 Å². The molecule has 0 unspecified atom stereocenters. The van der Waals surface area contributed by atoms with E-state index in [9.17, 15) is 9.59 Å². The number of halogens is 1. The fourth-order valence-corrected chi connectivity index (χ4v) is 2.92. The molecule has 7 nitrogen and oxygen atoms in total. The molecule has 0 aliphatic rings. The summed E-state index contributed by atoms with van der Waals surface area (Å²) in [6.07, 6.45) is 3.31. The average molecular weight is 478 g/mol. The number of carboxylic acid groups (broad SMARTS) is 1. The Morgan fingerprint density at radius 3 is 2.43 bits per heavy atom. The summed E-state index contributed by atoms with van der Waals surface area (Å²) in [6.45, 7) is 0.123. The van der Waals surface area contributed by atoms with Crippen molar-refractivity contribution in [3.8, 4) is 5.75 Å². The lowest BCUT2D eigenvalue weighted by Gasteiger charge is -2.19. The summed E-state index contributed by atoms with van der Waals surface area (Å²) in [6, 6.07) is 14.2. The van der Waals surface area contributed by atoms with E-state index in [-0.39, 0.29) is 13.2 Å². The average Bonchev–Trinajstić information content (AvgIpc) is 2.73. The van der Waals surface area contributed by atoms with Crippen molar-refractivity contribution < 1.29 is 29.3 Å². The number of carbonyl (C=O) groups excluding carboxylic acids is 1. The molecule has 160 valence electrons. The van der Waals surface area contributed by atoms with E-state index >= 15 is 0 Å². The standard InChI is InChI=1S/C22H24BrNO6/c23-17-8-10-18(11-9-17)24-22(28)30-20(4-2-1-3-5-21(26)27)16-6-12-19(13-7-16)29-15-14-25/h3,5-13,20,25H,1-2,4,14-15H2,(H,24,28)(H,26,27)/b5-3+/t20-/m1/s1. The lowest BCUT2D eigenvalue weighted by molar-refractivity contribution is -0.131. The highest BCUT2D eigenvalue weighted by Crippen LogP contribution is 2.26. The molecule has 0 radical (unpaired) electrons. The number of rotatable bonds is 11. The molecule has 1 atom stereocenters. The van der Waals surface area contributed by atoms with E-state index in [1.54, 1.807) is 42.5 Å². The van der Waals surface area contributed by atoms with E-state index in [4.69, 9.17) is 19.7 Å². The largest absolute Gasteiger partial charge is 0.491 e. The van der Waals surface area contributed by atoms with Gasteiger partial charge in [0.25, 0.3) is 0 Å². The predicted molar refractivity (Wildman–Crippen MR) is 117 cm³/mol. The summed E-state index contributed by atoms with van der Waals surface area (Å²) in [5.41, 5.74) is 1.40. The van der Waals surface area contributed by atoms with Crippen molar-refractivity contribution in [2.45, 2.75) is 25.4 Å². The third-order valence-corrected chi connectivity index (χ3v) is 4.58. The molecule has 2 aromatic carbocycles. The lowest BCUT2D eigenvalue weighted by Crippen LogP contribution is -2.17. The summed E-state index contributed by atoms with van der Waals surface area (Å²) in [5.74, 6) is -0.384. The summed E-state index contributed by atoms with van der Waals surface area (Å²) >= 11 is 3.34. The second-order valence-electron chi connectivity index (χ2n) is 6.34. The molecule has 3 N–H and O–H groups in total. The number of carboxylic acids is 1. The summed E-state index contributed by atoms with van der Waals surface area (Å²) < 4.78 is 11.9. The maximum Gasteiger partial charge on any atom is 0.412 e. The zero-order valence-electron chi connectivity index (χ0n) is 16.3. The van der Waals surface area contributed by atoms with Crippen LogP contribution in [0.1, 0.15) is 30.9 Å². The smallest absolute Gasteiger partial charge is 0.412 e. The number of nitrogens with one attached hydrogen (secondary N) is 1. The van der Waals surface area contributed by atoms with Crippen LogP contribution in [0.4, 0.5) is 10.5 Å². The van der Waals surface area contributed by atoms with Crippen molar-refractivity contribution >= 4 is 33.7 Å². The van der Waals surface area contributed by atoms with E-state index in [2.05, 4.69) is 21.2 Å². The van der Waals surface area contributed by atoms with Gasteiger partial charge in [0.15, 0.2) is 0 Å². The molecule has 0 aliphatic carbocycles. The Morgan fingerprint density at radius 2 is 1.80 bits per heavy atom.